The predicted molar refractivity (Wildman–Crippen MR) is 131 cm³/mol. The van der Waals surface area contributed by atoms with Crippen LogP contribution in [0.2, 0.25) is 5.02 Å². The minimum absolute atomic E-state index is 0.141. The van der Waals surface area contributed by atoms with Crippen LogP contribution in [0, 0.1) is 0 Å². The van der Waals surface area contributed by atoms with E-state index < -0.39 is 0 Å². The molecule has 0 saturated carbocycles. The van der Waals surface area contributed by atoms with Crippen LogP contribution in [0.25, 0.3) is 0 Å². The summed E-state index contributed by atoms with van der Waals surface area (Å²) in [6.07, 6.45) is 1.46. The molecule has 0 aliphatic carbocycles. The van der Waals surface area contributed by atoms with Crippen molar-refractivity contribution in [2.45, 2.75) is 19.8 Å². The minimum atomic E-state index is -0.357. The highest BCUT2D eigenvalue weighted by molar-refractivity contribution is 7.80. The van der Waals surface area contributed by atoms with Gasteiger partial charge in [0.2, 0.25) is 5.91 Å². The number of nitrogens with zero attached hydrogens (tertiary/aromatic N) is 2. The molecule has 0 bridgehead atoms. The van der Waals surface area contributed by atoms with E-state index in [-0.39, 0.29) is 23.5 Å². The second-order valence-electron chi connectivity index (χ2n) is 7.39. The Labute approximate surface area is 198 Å². The zero-order valence-corrected chi connectivity index (χ0v) is 19.5. The minimum Gasteiger partial charge on any atom is -0.484 e. The second-order valence-corrected chi connectivity index (χ2v) is 8.20. The lowest BCUT2D eigenvalue weighted by Crippen LogP contribution is -2.48. The third kappa shape index (κ3) is 6.83. The van der Waals surface area contributed by atoms with E-state index in [1.54, 1.807) is 18.2 Å². The fourth-order valence-electron chi connectivity index (χ4n) is 3.40. The summed E-state index contributed by atoms with van der Waals surface area (Å²) in [6.45, 7) is 4.72. The zero-order valence-electron chi connectivity index (χ0n) is 18.0. The van der Waals surface area contributed by atoms with Gasteiger partial charge in [-0.05, 0) is 49.0 Å². The van der Waals surface area contributed by atoms with E-state index in [4.69, 9.17) is 28.6 Å². The average Bonchev–Trinajstić information content (AvgIpc) is 2.79. The van der Waals surface area contributed by atoms with Crippen molar-refractivity contribution in [3.63, 3.8) is 0 Å². The van der Waals surface area contributed by atoms with E-state index in [0.29, 0.717) is 36.0 Å². The number of rotatable bonds is 7. The van der Waals surface area contributed by atoms with Crippen molar-refractivity contribution >= 4 is 52.1 Å². The molecule has 2 aromatic carbocycles. The maximum absolute atomic E-state index is 12.1. The number of amides is 2. The van der Waals surface area contributed by atoms with Crippen LogP contribution in [0.15, 0.2) is 48.5 Å². The molecule has 0 atom stereocenters. The summed E-state index contributed by atoms with van der Waals surface area (Å²) >= 11 is 11.7. The Bertz CT molecular complexity index is 950. The van der Waals surface area contributed by atoms with Gasteiger partial charge in [0.05, 0.1) is 10.7 Å². The highest BCUT2D eigenvalue weighted by atomic mass is 35.5. The van der Waals surface area contributed by atoms with Gasteiger partial charge in [0.15, 0.2) is 11.7 Å². The summed E-state index contributed by atoms with van der Waals surface area (Å²) in [5, 5.41) is 6.29. The summed E-state index contributed by atoms with van der Waals surface area (Å²) in [5.41, 5.74) is 1.58. The summed E-state index contributed by atoms with van der Waals surface area (Å²) < 4.78 is 5.41. The highest BCUT2D eigenvalue weighted by Crippen LogP contribution is 2.29. The molecule has 0 spiro atoms. The first-order chi connectivity index (χ1) is 15.5. The summed E-state index contributed by atoms with van der Waals surface area (Å²) in [5.74, 6) is 0.464. The third-order valence-corrected chi connectivity index (χ3v) is 5.52. The van der Waals surface area contributed by atoms with Gasteiger partial charge >= 0.3 is 0 Å². The van der Waals surface area contributed by atoms with Gasteiger partial charge in [0.1, 0.15) is 5.75 Å². The van der Waals surface area contributed by atoms with Gasteiger partial charge in [-0.2, -0.15) is 0 Å². The van der Waals surface area contributed by atoms with Gasteiger partial charge in [-0.25, -0.2) is 0 Å². The van der Waals surface area contributed by atoms with Crippen molar-refractivity contribution < 1.29 is 14.3 Å². The molecule has 1 aliphatic rings. The molecule has 3 rings (SSSR count). The summed E-state index contributed by atoms with van der Waals surface area (Å²) in [7, 11) is 0. The second kappa shape index (κ2) is 11.7. The van der Waals surface area contributed by atoms with E-state index in [9.17, 15) is 9.59 Å². The Morgan fingerprint density at radius 2 is 1.81 bits per heavy atom. The van der Waals surface area contributed by atoms with Crippen LogP contribution >= 0.6 is 23.8 Å². The molecule has 1 fully saturated rings. The molecular formula is C23H27ClN4O3S. The molecule has 1 saturated heterocycles. The van der Waals surface area contributed by atoms with Crippen molar-refractivity contribution in [1.29, 1.82) is 0 Å². The Morgan fingerprint density at radius 1 is 1.09 bits per heavy atom. The van der Waals surface area contributed by atoms with E-state index in [0.717, 1.165) is 25.2 Å². The molecule has 170 valence electrons. The first kappa shape index (κ1) is 23.8. The molecule has 1 heterocycles. The topological polar surface area (TPSA) is 73.9 Å². The van der Waals surface area contributed by atoms with Crippen molar-refractivity contribution in [1.82, 2.24) is 10.2 Å². The third-order valence-electron chi connectivity index (χ3n) is 5.01. The van der Waals surface area contributed by atoms with Crippen molar-refractivity contribution in [2.75, 3.05) is 43.0 Å². The van der Waals surface area contributed by atoms with E-state index in [1.165, 1.54) is 0 Å². The van der Waals surface area contributed by atoms with Crippen LogP contribution in [-0.4, -0.2) is 54.6 Å². The predicted octanol–water partition coefficient (Wildman–Crippen LogP) is 3.68. The Balaban J connectivity index is 1.48. The van der Waals surface area contributed by atoms with E-state index in [1.807, 2.05) is 42.2 Å². The molecular weight excluding hydrogens is 448 g/mol. The molecule has 7 nitrogen and oxygen atoms in total. The lowest BCUT2D eigenvalue weighted by Gasteiger charge is -2.36. The smallest absolute Gasteiger partial charge is 0.264 e. The Morgan fingerprint density at radius 3 is 2.47 bits per heavy atom. The molecule has 9 heteroatoms. The van der Waals surface area contributed by atoms with Crippen LogP contribution in [0.3, 0.4) is 0 Å². The maximum Gasteiger partial charge on any atom is 0.264 e. The van der Waals surface area contributed by atoms with Gasteiger partial charge in [-0.15, -0.1) is 0 Å². The highest BCUT2D eigenvalue weighted by Gasteiger charge is 2.22. The Kier molecular flexibility index (Phi) is 8.70. The number of hydrogen-bond acceptors (Lipinski definition) is 5. The van der Waals surface area contributed by atoms with Crippen LogP contribution in [0.5, 0.6) is 5.75 Å². The van der Waals surface area contributed by atoms with Crippen LogP contribution in [0.4, 0.5) is 11.4 Å². The standard InChI is InChI=1S/C23H27ClN4O3S/c1-2-6-22(30)28-13-11-27(12-14-28)20-10-9-17(15-19(20)24)25-23(32)26-21(29)16-31-18-7-4-3-5-8-18/h3-5,7-10,15H,2,6,11-14,16H2,1H3,(H2,25,26,29,32). The van der Waals surface area contributed by atoms with Crippen LogP contribution < -0.4 is 20.3 Å². The number of carbonyl (C=O) groups is 2. The number of carbonyl (C=O) groups excluding carboxylic acids is 2. The van der Waals surface area contributed by atoms with Gasteiger partial charge < -0.3 is 19.9 Å². The molecule has 2 aromatic rings. The molecule has 32 heavy (non-hydrogen) atoms. The number of anilines is 2. The number of piperazine rings is 1. The number of para-hydroxylation sites is 1. The summed E-state index contributed by atoms with van der Waals surface area (Å²) in [4.78, 5) is 28.2. The largest absolute Gasteiger partial charge is 0.484 e. The number of halogens is 1. The number of nitrogens with one attached hydrogen (secondary N) is 2. The lowest BCUT2D eigenvalue weighted by atomic mass is 10.2. The van der Waals surface area contributed by atoms with Gasteiger partial charge in [0, 0.05) is 38.3 Å². The Hall–Kier alpha value is -2.84. The number of ether oxygens (including phenoxy) is 1. The van der Waals surface area contributed by atoms with Crippen molar-refractivity contribution in [3.05, 3.63) is 53.6 Å². The number of thiocarbonyl (C=S) groups is 1. The molecule has 0 aromatic heterocycles. The maximum atomic E-state index is 12.1. The van der Waals surface area contributed by atoms with Crippen LogP contribution in [0.1, 0.15) is 19.8 Å². The molecule has 1 aliphatic heterocycles. The first-order valence-corrected chi connectivity index (χ1v) is 11.4. The SMILES string of the molecule is CCCC(=O)N1CCN(c2ccc(NC(=S)NC(=O)COc3ccccc3)cc2Cl)CC1. The average molecular weight is 475 g/mol. The zero-order chi connectivity index (χ0) is 22.9. The molecule has 0 unspecified atom stereocenters. The lowest BCUT2D eigenvalue weighted by molar-refractivity contribution is -0.131. The van der Waals surface area contributed by atoms with E-state index in [2.05, 4.69) is 15.5 Å². The summed E-state index contributed by atoms with van der Waals surface area (Å²) in [6, 6.07) is 14.6. The normalized spacial score (nSPS) is 13.4. The number of hydrogen-bond donors (Lipinski definition) is 2. The number of benzene rings is 2. The first-order valence-electron chi connectivity index (χ1n) is 10.6. The fourth-order valence-corrected chi connectivity index (χ4v) is 3.93. The van der Waals surface area contributed by atoms with Gasteiger partial charge in [-0.1, -0.05) is 36.7 Å². The van der Waals surface area contributed by atoms with E-state index >= 15 is 0 Å². The quantitative estimate of drug-likeness (QED) is 0.596. The molecule has 2 amide bonds. The van der Waals surface area contributed by atoms with Crippen LogP contribution in [-0.2, 0) is 9.59 Å². The van der Waals surface area contributed by atoms with Crippen molar-refractivity contribution in [3.8, 4) is 5.75 Å². The van der Waals surface area contributed by atoms with Gasteiger partial charge in [-0.3, -0.25) is 14.9 Å². The molecule has 2 N–H and O–H groups in total. The van der Waals surface area contributed by atoms with Gasteiger partial charge in [0.25, 0.3) is 5.91 Å². The fraction of sp³-hybridized carbons (Fsp3) is 0.348. The van der Waals surface area contributed by atoms with Crippen molar-refractivity contribution in [2.24, 2.45) is 0 Å². The molecule has 0 radical (unpaired) electrons. The monoisotopic (exact) mass is 474 g/mol.